The highest BCUT2D eigenvalue weighted by Gasteiger charge is 2.26. The second-order valence-electron chi connectivity index (χ2n) is 5.39. The number of aliphatic carboxylic acids is 1. The van der Waals surface area contributed by atoms with Gasteiger partial charge in [-0.1, -0.05) is 0 Å². The van der Waals surface area contributed by atoms with Gasteiger partial charge in [0.1, 0.15) is 0 Å². The summed E-state index contributed by atoms with van der Waals surface area (Å²) in [4.78, 5) is 28.8. The highest BCUT2D eigenvalue weighted by Crippen LogP contribution is 2.15. The fourth-order valence-corrected chi connectivity index (χ4v) is 2.22. The quantitative estimate of drug-likeness (QED) is 0.879. The summed E-state index contributed by atoms with van der Waals surface area (Å²) >= 11 is 0. The second-order valence-corrected chi connectivity index (χ2v) is 5.39. The lowest BCUT2D eigenvalue weighted by Crippen LogP contribution is -2.46. The summed E-state index contributed by atoms with van der Waals surface area (Å²) in [5.74, 6) is -0.643. The number of carbonyl (C=O) groups excluding carboxylic acids is 1. The maximum atomic E-state index is 12.4. The number of carbonyl (C=O) groups is 2. The fourth-order valence-electron chi connectivity index (χ4n) is 2.22. The SMILES string of the molecule is CC(C)Oc1ccc(C(=O)N2CCOC(CC(=O)O)C2)cn1. The molecule has 0 radical (unpaired) electrons. The first kappa shape index (κ1) is 16.2. The van der Waals surface area contributed by atoms with Crippen LogP contribution >= 0.6 is 0 Å². The Hall–Kier alpha value is -2.15. The minimum absolute atomic E-state index is 0.0186. The topological polar surface area (TPSA) is 89.0 Å². The van der Waals surface area contributed by atoms with Gasteiger partial charge in [-0.15, -0.1) is 0 Å². The van der Waals surface area contributed by atoms with Crippen molar-refractivity contribution in [2.75, 3.05) is 19.7 Å². The third kappa shape index (κ3) is 4.42. The average Bonchev–Trinajstić information content (AvgIpc) is 2.46. The zero-order chi connectivity index (χ0) is 16.1. The van der Waals surface area contributed by atoms with Crippen molar-refractivity contribution >= 4 is 11.9 Å². The zero-order valence-corrected chi connectivity index (χ0v) is 12.7. The number of carboxylic acid groups (broad SMARTS) is 1. The van der Waals surface area contributed by atoms with Gasteiger partial charge in [-0.05, 0) is 19.9 Å². The monoisotopic (exact) mass is 308 g/mol. The van der Waals surface area contributed by atoms with Crippen LogP contribution in [-0.2, 0) is 9.53 Å². The summed E-state index contributed by atoms with van der Waals surface area (Å²) < 4.78 is 10.8. The highest BCUT2D eigenvalue weighted by molar-refractivity contribution is 5.94. The number of carboxylic acids is 1. The maximum absolute atomic E-state index is 12.4. The number of rotatable bonds is 5. The molecule has 0 saturated carbocycles. The number of ether oxygens (including phenoxy) is 2. The first-order chi connectivity index (χ1) is 10.5. The summed E-state index contributed by atoms with van der Waals surface area (Å²) in [7, 11) is 0. The van der Waals surface area contributed by atoms with Crippen molar-refractivity contribution < 1.29 is 24.2 Å². The van der Waals surface area contributed by atoms with Crippen molar-refractivity contribution in [2.24, 2.45) is 0 Å². The van der Waals surface area contributed by atoms with Gasteiger partial charge in [-0.2, -0.15) is 0 Å². The third-order valence-corrected chi connectivity index (χ3v) is 3.17. The van der Waals surface area contributed by atoms with E-state index in [4.69, 9.17) is 14.6 Å². The van der Waals surface area contributed by atoms with Crippen LogP contribution in [0.1, 0.15) is 30.6 Å². The molecule has 120 valence electrons. The Bertz CT molecular complexity index is 529. The smallest absolute Gasteiger partial charge is 0.306 e. The number of morpholine rings is 1. The number of pyridine rings is 1. The minimum Gasteiger partial charge on any atom is -0.481 e. The summed E-state index contributed by atoms with van der Waals surface area (Å²) in [5.41, 5.74) is 0.451. The molecule has 1 fully saturated rings. The van der Waals surface area contributed by atoms with Gasteiger partial charge in [0.15, 0.2) is 0 Å². The molecule has 2 rings (SSSR count). The van der Waals surface area contributed by atoms with E-state index in [1.165, 1.54) is 6.20 Å². The molecule has 1 aliphatic rings. The van der Waals surface area contributed by atoms with Crippen LogP contribution in [0, 0.1) is 0 Å². The summed E-state index contributed by atoms with van der Waals surface area (Å²) in [6.07, 6.45) is 0.919. The molecule has 0 aliphatic carbocycles. The molecule has 1 aromatic heterocycles. The Morgan fingerprint density at radius 3 is 2.86 bits per heavy atom. The predicted octanol–water partition coefficient (Wildman–Crippen LogP) is 1.18. The van der Waals surface area contributed by atoms with Crippen LogP contribution in [-0.4, -0.2) is 58.8 Å². The summed E-state index contributed by atoms with van der Waals surface area (Å²) in [5, 5.41) is 8.80. The average molecular weight is 308 g/mol. The highest BCUT2D eigenvalue weighted by atomic mass is 16.5. The molecule has 1 aromatic rings. The normalized spacial score (nSPS) is 18.3. The number of hydrogen-bond acceptors (Lipinski definition) is 5. The molecule has 1 unspecified atom stereocenters. The van der Waals surface area contributed by atoms with Gasteiger partial charge in [0.2, 0.25) is 5.88 Å². The van der Waals surface area contributed by atoms with E-state index < -0.39 is 12.1 Å². The van der Waals surface area contributed by atoms with Crippen LogP contribution in [0.25, 0.3) is 0 Å². The molecule has 1 N–H and O–H groups in total. The summed E-state index contributed by atoms with van der Waals surface area (Å²) in [6.45, 7) is 4.86. The van der Waals surface area contributed by atoms with Crippen LogP contribution in [0.2, 0.25) is 0 Å². The van der Waals surface area contributed by atoms with E-state index in [2.05, 4.69) is 4.98 Å². The summed E-state index contributed by atoms with van der Waals surface area (Å²) in [6, 6.07) is 3.32. The van der Waals surface area contributed by atoms with Crippen LogP contribution in [0.4, 0.5) is 0 Å². The Balaban J connectivity index is 1.99. The van der Waals surface area contributed by atoms with Crippen molar-refractivity contribution in [3.8, 4) is 5.88 Å². The van der Waals surface area contributed by atoms with Crippen LogP contribution in [0.3, 0.4) is 0 Å². The van der Waals surface area contributed by atoms with Crippen LogP contribution < -0.4 is 4.74 Å². The van der Waals surface area contributed by atoms with Gasteiger partial charge in [0.25, 0.3) is 5.91 Å². The molecule has 22 heavy (non-hydrogen) atoms. The van der Waals surface area contributed by atoms with E-state index in [9.17, 15) is 9.59 Å². The fraction of sp³-hybridized carbons (Fsp3) is 0.533. The van der Waals surface area contributed by atoms with E-state index in [0.29, 0.717) is 24.6 Å². The first-order valence-electron chi connectivity index (χ1n) is 7.21. The van der Waals surface area contributed by atoms with Gasteiger partial charge >= 0.3 is 5.97 Å². The lowest BCUT2D eigenvalue weighted by molar-refractivity contribution is -0.141. The second kappa shape index (κ2) is 7.22. The van der Waals surface area contributed by atoms with Gasteiger partial charge in [0.05, 0.1) is 30.8 Å². The molecule has 1 saturated heterocycles. The lowest BCUT2D eigenvalue weighted by Gasteiger charge is -2.32. The maximum Gasteiger partial charge on any atom is 0.306 e. The van der Waals surface area contributed by atoms with Crippen molar-refractivity contribution in [3.63, 3.8) is 0 Å². The molecule has 1 aliphatic heterocycles. The van der Waals surface area contributed by atoms with Crippen molar-refractivity contribution in [1.29, 1.82) is 0 Å². The first-order valence-corrected chi connectivity index (χ1v) is 7.21. The van der Waals surface area contributed by atoms with E-state index in [-0.39, 0.29) is 25.0 Å². The van der Waals surface area contributed by atoms with Gasteiger partial charge in [0, 0.05) is 25.4 Å². The van der Waals surface area contributed by atoms with Gasteiger partial charge in [-0.3, -0.25) is 9.59 Å². The number of aromatic nitrogens is 1. The molecule has 0 aromatic carbocycles. The number of nitrogens with zero attached hydrogens (tertiary/aromatic N) is 2. The number of amides is 1. The third-order valence-electron chi connectivity index (χ3n) is 3.17. The molecular formula is C15H20N2O5. The molecule has 0 spiro atoms. The van der Waals surface area contributed by atoms with Crippen LogP contribution in [0.5, 0.6) is 5.88 Å². The largest absolute Gasteiger partial charge is 0.481 e. The standard InChI is InChI=1S/C15H20N2O5/c1-10(2)22-13-4-3-11(8-16-13)15(20)17-5-6-21-12(9-17)7-14(18)19/h3-4,8,10,12H,5-7,9H2,1-2H3,(H,18,19). The van der Waals surface area contributed by atoms with Crippen molar-refractivity contribution in [3.05, 3.63) is 23.9 Å². The van der Waals surface area contributed by atoms with Crippen molar-refractivity contribution in [2.45, 2.75) is 32.5 Å². The number of hydrogen-bond donors (Lipinski definition) is 1. The zero-order valence-electron chi connectivity index (χ0n) is 12.7. The Kier molecular flexibility index (Phi) is 5.32. The minimum atomic E-state index is -0.934. The molecule has 0 bridgehead atoms. The van der Waals surface area contributed by atoms with Gasteiger partial charge in [-0.25, -0.2) is 4.98 Å². The Labute approximate surface area is 128 Å². The van der Waals surface area contributed by atoms with E-state index in [1.807, 2.05) is 13.8 Å². The molecule has 1 atom stereocenters. The molecule has 7 heteroatoms. The van der Waals surface area contributed by atoms with E-state index in [1.54, 1.807) is 17.0 Å². The Morgan fingerprint density at radius 2 is 2.27 bits per heavy atom. The molecule has 7 nitrogen and oxygen atoms in total. The molecule has 1 amide bonds. The Morgan fingerprint density at radius 1 is 1.50 bits per heavy atom. The molecular weight excluding hydrogens is 288 g/mol. The molecule has 2 heterocycles. The predicted molar refractivity (Wildman–Crippen MR) is 77.9 cm³/mol. The van der Waals surface area contributed by atoms with Crippen molar-refractivity contribution in [1.82, 2.24) is 9.88 Å². The van der Waals surface area contributed by atoms with Gasteiger partial charge < -0.3 is 19.5 Å². The van der Waals surface area contributed by atoms with E-state index in [0.717, 1.165) is 0 Å². The van der Waals surface area contributed by atoms with Crippen LogP contribution in [0.15, 0.2) is 18.3 Å². The lowest BCUT2D eigenvalue weighted by atomic mass is 10.1. The van der Waals surface area contributed by atoms with E-state index >= 15 is 0 Å².